The zero-order chi connectivity index (χ0) is 13.5. The summed E-state index contributed by atoms with van der Waals surface area (Å²) in [5.41, 5.74) is 1.48. The third-order valence-corrected chi connectivity index (χ3v) is 2.91. The Bertz CT molecular complexity index is 388. The maximum absolute atomic E-state index is 12.4. The Balaban J connectivity index is 2.86. The molecule has 0 spiro atoms. The molecule has 5 nitrogen and oxygen atoms in total. The third kappa shape index (κ3) is 3.57. The molecule has 0 saturated heterocycles. The van der Waals surface area contributed by atoms with Gasteiger partial charge < -0.3 is 10.0 Å². The number of nitrogens with zero attached hydrogens (tertiary/aromatic N) is 3. The highest BCUT2D eigenvalue weighted by atomic mass is 16.3. The first kappa shape index (κ1) is 14.7. The van der Waals surface area contributed by atoms with Crippen molar-refractivity contribution in [2.75, 3.05) is 19.7 Å². The molecule has 1 amide bonds. The summed E-state index contributed by atoms with van der Waals surface area (Å²) in [5, 5.41) is 13.3. The summed E-state index contributed by atoms with van der Waals surface area (Å²) in [6, 6.07) is 0. The van der Waals surface area contributed by atoms with Gasteiger partial charge in [0.15, 0.2) is 0 Å². The van der Waals surface area contributed by atoms with Gasteiger partial charge in [-0.1, -0.05) is 20.3 Å². The molecule has 0 saturated carbocycles. The average molecular weight is 253 g/mol. The summed E-state index contributed by atoms with van der Waals surface area (Å²) in [7, 11) is 1.82. The zero-order valence-electron chi connectivity index (χ0n) is 11.5. The van der Waals surface area contributed by atoms with E-state index in [2.05, 4.69) is 12.0 Å². The number of aryl methyl sites for hydroxylation is 2. The number of hydrogen-bond donors (Lipinski definition) is 1. The van der Waals surface area contributed by atoms with Gasteiger partial charge in [0.2, 0.25) is 0 Å². The molecule has 1 aromatic heterocycles. The van der Waals surface area contributed by atoms with Gasteiger partial charge in [0, 0.05) is 26.3 Å². The van der Waals surface area contributed by atoms with E-state index in [0.717, 1.165) is 25.0 Å². The maximum Gasteiger partial charge on any atom is 0.257 e. The van der Waals surface area contributed by atoms with Crippen LogP contribution in [0.4, 0.5) is 0 Å². The van der Waals surface area contributed by atoms with E-state index in [9.17, 15) is 4.79 Å². The molecule has 18 heavy (non-hydrogen) atoms. The summed E-state index contributed by atoms with van der Waals surface area (Å²) >= 11 is 0. The van der Waals surface area contributed by atoms with E-state index >= 15 is 0 Å². The van der Waals surface area contributed by atoms with E-state index in [1.807, 2.05) is 14.0 Å². The summed E-state index contributed by atoms with van der Waals surface area (Å²) in [6.07, 6.45) is 4.48. The van der Waals surface area contributed by atoms with Gasteiger partial charge in [-0.05, 0) is 12.8 Å². The van der Waals surface area contributed by atoms with Crippen molar-refractivity contribution >= 4 is 5.91 Å². The van der Waals surface area contributed by atoms with Crippen molar-refractivity contribution in [1.29, 1.82) is 0 Å². The van der Waals surface area contributed by atoms with E-state index in [4.69, 9.17) is 5.11 Å². The first-order valence-corrected chi connectivity index (χ1v) is 6.56. The topological polar surface area (TPSA) is 58.4 Å². The van der Waals surface area contributed by atoms with Gasteiger partial charge in [0.1, 0.15) is 0 Å². The standard InChI is InChI=1S/C13H23N3O2/c1-4-6-7-16(8-9-17)13(18)11-10-15(3)14-12(11)5-2/h10,17H,4-9H2,1-3H3. The van der Waals surface area contributed by atoms with E-state index in [-0.39, 0.29) is 12.5 Å². The summed E-state index contributed by atoms with van der Waals surface area (Å²) in [5.74, 6) is -0.0255. The van der Waals surface area contributed by atoms with Crippen LogP contribution in [0.2, 0.25) is 0 Å². The van der Waals surface area contributed by atoms with Gasteiger partial charge in [-0.2, -0.15) is 5.10 Å². The van der Waals surface area contributed by atoms with Gasteiger partial charge in [-0.15, -0.1) is 0 Å². The Morgan fingerprint density at radius 1 is 1.44 bits per heavy atom. The number of aliphatic hydroxyl groups is 1. The Kier molecular flexibility index (Phi) is 5.85. The molecule has 5 heteroatoms. The quantitative estimate of drug-likeness (QED) is 0.795. The van der Waals surface area contributed by atoms with Crippen molar-refractivity contribution in [3.63, 3.8) is 0 Å². The molecule has 0 radical (unpaired) electrons. The fraction of sp³-hybridized carbons (Fsp3) is 0.692. The minimum absolute atomic E-state index is 0.00280. The molecule has 0 aliphatic heterocycles. The number of carbonyl (C=O) groups excluding carboxylic acids is 1. The summed E-state index contributed by atoms with van der Waals surface area (Å²) in [6.45, 7) is 5.15. The van der Waals surface area contributed by atoms with E-state index in [1.54, 1.807) is 15.8 Å². The number of amides is 1. The fourth-order valence-corrected chi connectivity index (χ4v) is 1.93. The highest BCUT2D eigenvalue weighted by Gasteiger charge is 2.20. The second kappa shape index (κ2) is 7.16. The zero-order valence-corrected chi connectivity index (χ0v) is 11.5. The summed E-state index contributed by atoms with van der Waals surface area (Å²) < 4.78 is 1.67. The van der Waals surface area contributed by atoms with Gasteiger partial charge in [-0.3, -0.25) is 9.48 Å². The van der Waals surface area contributed by atoms with Crippen LogP contribution in [-0.2, 0) is 13.5 Å². The molecular weight excluding hydrogens is 230 g/mol. The Labute approximate surface area is 108 Å². The van der Waals surface area contributed by atoms with Gasteiger partial charge in [0.05, 0.1) is 17.9 Å². The van der Waals surface area contributed by atoms with Crippen LogP contribution < -0.4 is 0 Å². The normalized spacial score (nSPS) is 10.7. The number of unbranched alkanes of at least 4 members (excludes halogenated alkanes) is 1. The molecule has 1 rings (SSSR count). The first-order valence-electron chi connectivity index (χ1n) is 6.56. The second-order valence-electron chi connectivity index (χ2n) is 4.39. The van der Waals surface area contributed by atoms with E-state index in [1.165, 1.54) is 0 Å². The Hall–Kier alpha value is -1.36. The molecule has 1 heterocycles. The Morgan fingerprint density at radius 2 is 2.17 bits per heavy atom. The summed E-state index contributed by atoms with van der Waals surface area (Å²) in [4.78, 5) is 14.1. The van der Waals surface area contributed by atoms with Crippen molar-refractivity contribution in [2.24, 2.45) is 7.05 Å². The van der Waals surface area contributed by atoms with Crippen molar-refractivity contribution in [2.45, 2.75) is 33.1 Å². The minimum Gasteiger partial charge on any atom is -0.395 e. The van der Waals surface area contributed by atoms with Crippen molar-refractivity contribution < 1.29 is 9.90 Å². The monoisotopic (exact) mass is 253 g/mol. The largest absolute Gasteiger partial charge is 0.395 e. The molecule has 0 unspecified atom stereocenters. The smallest absolute Gasteiger partial charge is 0.257 e. The lowest BCUT2D eigenvalue weighted by molar-refractivity contribution is 0.0718. The number of aromatic nitrogens is 2. The van der Waals surface area contributed by atoms with Crippen LogP contribution in [0.15, 0.2) is 6.20 Å². The number of carbonyl (C=O) groups is 1. The van der Waals surface area contributed by atoms with Gasteiger partial charge in [0.25, 0.3) is 5.91 Å². The van der Waals surface area contributed by atoms with Gasteiger partial charge in [-0.25, -0.2) is 0 Å². The molecule has 102 valence electrons. The van der Waals surface area contributed by atoms with Crippen LogP contribution in [0.25, 0.3) is 0 Å². The molecular formula is C13H23N3O2. The molecule has 0 bridgehead atoms. The molecule has 0 aliphatic carbocycles. The number of rotatable bonds is 7. The molecule has 1 aromatic rings. The predicted octanol–water partition coefficient (Wildman–Crippen LogP) is 1.22. The second-order valence-corrected chi connectivity index (χ2v) is 4.39. The van der Waals surface area contributed by atoms with Crippen molar-refractivity contribution in [1.82, 2.24) is 14.7 Å². The van der Waals surface area contributed by atoms with Crippen LogP contribution in [0, 0.1) is 0 Å². The van der Waals surface area contributed by atoms with Crippen molar-refractivity contribution in [3.05, 3.63) is 17.5 Å². The molecule has 1 N–H and O–H groups in total. The lowest BCUT2D eigenvalue weighted by Gasteiger charge is -2.21. The molecule has 0 aromatic carbocycles. The van der Waals surface area contributed by atoms with E-state index < -0.39 is 0 Å². The lowest BCUT2D eigenvalue weighted by atomic mass is 10.1. The first-order chi connectivity index (χ1) is 8.63. The highest BCUT2D eigenvalue weighted by molar-refractivity contribution is 5.95. The van der Waals surface area contributed by atoms with Gasteiger partial charge >= 0.3 is 0 Å². The van der Waals surface area contributed by atoms with Crippen LogP contribution in [-0.4, -0.2) is 45.4 Å². The number of aliphatic hydroxyl groups excluding tert-OH is 1. The lowest BCUT2D eigenvalue weighted by Crippen LogP contribution is -2.34. The third-order valence-electron chi connectivity index (χ3n) is 2.91. The SMILES string of the molecule is CCCCN(CCO)C(=O)c1cn(C)nc1CC. The average Bonchev–Trinajstić information content (AvgIpc) is 2.75. The molecule has 0 fully saturated rings. The van der Waals surface area contributed by atoms with Crippen molar-refractivity contribution in [3.8, 4) is 0 Å². The minimum atomic E-state index is -0.0255. The van der Waals surface area contributed by atoms with Crippen LogP contribution in [0.3, 0.4) is 0 Å². The molecule has 0 aliphatic rings. The van der Waals surface area contributed by atoms with Crippen LogP contribution in [0.1, 0.15) is 42.7 Å². The highest BCUT2D eigenvalue weighted by Crippen LogP contribution is 2.11. The van der Waals surface area contributed by atoms with Crippen LogP contribution >= 0.6 is 0 Å². The maximum atomic E-state index is 12.4. The van der Waals surface area contributed by atoms with Crippen LogP contribution in [0.5, 0.6) is 0 Å². The fourth-order valence-electron chi connectivity index (χ4n) is 1.93. The van der Waals surface area contributed by atoms with E-state index in [0.29, 0.717) is 18.7 Å². The Morgan fingerprint density at radius 3 is 2.72 bits per heavy atom. The number of hydrogen-bond acceptors (Lipinski definition) is 3. The predicted molar refractivity (Wildman–Crippen MR) is 70.5 cm³/mol. The molecule has 0 atom stereocenters.